The van der Waals surface area contributed by atoms with E-state index >= 15 is 0 Å². The van der Waals surface area contributed by atoms with E-state index in [9.17, 15) is 4.79 Å². The van der Waals surface area contributed by atoms with Crippen LogP contribution < -0.4 is 5.32 Å². The summed E-state index contributed by atoms with van der Waals surface area (Å²) in [5, 5.41) is 2.99. The summed E-state index contributed by atoms with van der Waals surface area (Å²) in [6.45, 7) is 8.10. The molecule has 1 amide bonds. The normalized spacial score (nSPS) is 24.1. The lowest BCUT2D eigenvalue weighted by Gasteiger charge is -2.45. The van der Waals surface area contributed by atoms with Crippen LogP contribution in [0.1, 0.15) is 69.9 Å². The van der Waals surface area contributed by atoms with Crippen LogP contribution in [0.5, 0.6) is 0 Å². The third-order valence-corrected chi connectivity index (χ3v) is 4.67. The molecule has 0 saturated carbocycles. The maximum atomic E-state index is 12.0. The van der Waals surface area contributed by atoms with Crippen molar-refractivity contribution in [3.05, 3.63) is 24.2 Å². The molecule has 0 spiro atoms. The average molecular weight is 307 g/mol. The number of nitrogens with one attached hydrogen (secondary N) is 1. The van der Waals surface area contributed by atoms with Gasteiger partial charge in [0, 0.05) is 13.2 Å². The van der Waals surface area contributed by atoms with Gasteiger partial charge in [-0.1, -0.05) is 19.8 Å². The first-order valence-corrected chi connectivity index (χ1v) is 8.42. The first-order valence-electron chi connectivity index (χ1n) is 8.42. The summed E-state index contributed by atoms with van der Waals surface area (Å²) in [4.78, 5) is 12.0. The van der Waals surface area contributed by atoms with E-state index in [1.165, 1.54) is 25.5 Å². The highest BCUT2D eigenvalue weighted by atomic mass is 16.5. The van der Waals surface area contributed by atoms with E-state index in [1.54, 1.807) is 12.1 Å². The van der Waals surface area contributed by atoms with E-state index in [-0.39, 0.29) is 16.9 Å². The van der Waals surface area contributed by atoms with Crippen molar-refractivity contribution in [3.8, 4) is 0 Å². The Labute approximate surface area is 133 Å². The third kappa shape index (κ3) is 4.60. The molecule has 1 atom stereocenters. The molecule has 1 fully saturated rings. The van der Waals surface area contributed by atoms with Crippen LogP contribution in [0.2, 0.25) is 0 Å². The van der Waals surface area contributed by atoms with Gasteiger partial charge in [-0.25, -0.2) is 0 Å². The fourth-order valence-electron chi connectivity index (χ4n) is 3.63. The van der Waals surface area contributed by atoms with Crippen molar-refractivity contribution in [3.63, 3.8) is 0 Å². The van der Waals surface area contributed by atoms with Gasteiger partial charge in [-0.05, 0) is 57.1 Å². The van der Waals surface area contributed by atoms with Crippen molar-refractivity contribution in [2.24, 2.45) is 5.41 Å². The van der Waals surface area contributed by atoms with Crippen LogP contribution in [0.25, 0.3) is 0 Å². The maximum Gasteiger partial charge on any atom is 0.286 e. The number of carbonyl (C=O) groups is 1. The number of unbranched alkanes of at least 4 members (excludes halogenated alkanes) is 1. The quantitative estimate of drug-likeness (QED) is 0.822. The summed E-state index contributed by atoms with van der Waals surface area (Å²) >= 11 is 0. The fraction of sp³-hybridized carbons (Fsp3) is 0.722. The maximum absolute atomic E-state index is 12.0. The number of amides is 1. The zero-order valence-corrected chi connectivity index (χ0v) is 14.1. The van der Waals surface area contributed by atoms with E-state index in [4.69, 9.17) is 9.15 Å². The van der Waals surface area contributed by atoms with Crippen LogP contribution in [-0.2, 0) is 4.74 Å². The standard InChI is InChI=1S/C18H29NO3/c1-4-5-8-18(10-13-22-17(2,3)14-18)9-11-19-16(20)15-7-6-12-21-15/h6-7,12H,4-5,8-11,13-14H2,1-3H3,(H,19,20)/t18-/m0/s1. The average Bonchev–Trinajstić information content (AvgIpc) is 2.98. The Morgan fingerprint density at radius 1 is 1.36 bits per heavy atom. The van der Waals surface area contributed by atoms with Crippen molar-refractivity contribution in [2.75, 3.05) is 13.2 Å². The van der Waals surface area contributed by atoms with Crippen molar-refractivity contribution >= 4 is 5.91 Å². The highest BCUT2D eigenvalue weighted by Crippen LogP contribution is 2.44. The Morgan fingerprint density at radius 3 is 2.82 bits per heavy atom. The van der Waals surface area contributed by atoms with Crippen LogP contribution in [0.3, 0.4) is 0 Å². The van der Waals surface area contributed by atoms with Gasteiger partial charge in [-0.2, -0.15) is 0 Å². The van der Waals surface area contributed by atoms with Gasteiger partial charge in [0.15, 0.2) is 5.76 Å². The lowest BCUT2D eigenvalue weighted by atomic mass is 9.69. The van der Waals surface area contributed by atoms with Crippen molar-refractivity contribution in [1.29, 1.82) is 0 Å². The summed E-state index contributed by atoms with van der Waals surface area (Å²) in [5.74, 6) is 0.261. The molecule has 0 aromatic carbocycles. The van der Waals surface area contributed by atoms with E-state index in [0.29, 0.717) is 12.3 Å². The third-order valence-electron chi connectivity index (χ3n) is 4.67. The molecule has 1 aliphatic rings. The predicted molar refractivity (Wildman–Crippen MR) is 86.9 cm³/mol. The topological polar surface area (TPSA) is 51.5 Å². The first kappa shape index (κ1) is 17.1. The lowest BCUT2D eigenvalue weighted by Crippen LogP contribution is -2.43. The highest BCUT2D eigenvalue weighted by Gasteiger charge is 2.39. The molecule has 0 bridgehead atoms. The largest absolute Gasteiger partial charge is 0.459 e. The first-order chi connectivity index (χ1) is 10.5. The molecule has 1 N–H and O–H groups in total. The van der Waals surface area contributed by atoms with Crippen molar-refractivity contribution in [1.82, 2.24) is 5.32 Å². The zero-order chi connectivity index (χ0) is 16.1. The number of ether oxygens (including phenoxy) is 1. The molecule has 4 heteroatoms. The van der Waals surface area contributed by atoms with Gasteiger partial charge in [0.2, 0.25) is 0 Å². The van der Waals surface area contributed by atoms with Gasteiger partial charge >= 0.3 is 0 Å². The summed E-state index contributed by atoms with van der Waals surface area (Å²) in [7, 11) is 0. The molecule has 124 valence electrons. The zero-order valence-electron chi connectivity index (χ0n) is 14.1. The van der Waals surface area contributed by atoms with Gasteiger partial charge in [-0.3, -0.25) is 4.79 Å². The molecular formula is C18H29NO3. The lowest BCUT2D eigenvalue weighted by molar-refractivity contribution is -0.109. The Balaban J connectivity index is 1.91. The van der Waals surface area contributed by atoms with Gasteiger partial charge in [0.05, 0.1) is 11.9 Å². The van der Waals surface area contributed by atoms with Crippen molar-refractivity contribution in [2.45, 2.75) is 64.9 Å². The molecule has 0 aliphatic carbocycles. The highest BCUT2D eigenvalue weighted by molar-refractivity contribution is 5.91. The van der Waals surface area contributed by atoms with Gasteiger partial charge in [0.1, 0.15) is 0 Å². The van der Waals surface area contributed by atoms with E-state index in [2.05, 4.69) is 26.1 Å². The molecular weight excluding hydrogens is 278 g/mol. The molecule has 0 unspecified atom stereocenters. The fourth-order valence-corrected chi connectivity index (χ4v) is 3.63. The van der Waals surface area contributed by atoms with E-state index < -0.39 is 0 Å². The Morgan fingerprint density at radius 2 is 2.18 bits per heavy atom. The number of hydrogen-bond acceptors (Lipinski definition) is 3. The SMILES string of the molecule is CCCC[C@]1(CCNC(=O)c2ccco2)CCOC(C)(C)C1. The van der Waals surface area contributed by atoms with Crippen LogP contribution >= 0.6 is 0 Å². The minimum atomic E-state index is -0.123. The number of furan rings is 1. The Kier molecular flexibility index (Phi) is 5.68. The number of carbonyl (C=O) groups excluding carboxylic acids is 1. The molecule has 4 nitrogen and oxygen atoms in total. The summed E-state index contributed by atoms with van der Waals surface area (Å²) in [6.07, 6.45) is 8.35. The van der Waals surface area contributed by atoms with E-state index in [1.807, 2.05) is 0 Å². The molecule has 22 heavy (non-hydrogen) atoms. The second-order valence-electron chi connectivity index (χ2n) is 7.12. The number of rotatable bonds is 7. The summed E-state index contributed by atoms with van der Waals surface area (Å²) < 4.78 is 11.0. The van der Waals surface area contributed by atoms with Gasteiger partial charge in [0.25, 0.3) is 5.91 Å². The predicted octanol–water partition coefficient (Wildman–Crippen LogP) is 4.17. The van der Waals surface area contributed by atoms with E-state index in [0.717, 1.165) is 25.9 Å². The molecule has 2 heterocycles. The monoisotopic (exact) mass is 307 g/mol. The second-order valence-corrected chi connectivity index (χ2v) is 7.12. The second kappa shape index (κ2) is 7.32. The summed E-state index contributed by atoms with van der Waals surface area (Å²) in [6, 6.07) is 3.43. The summed E-state index contributed by atoms with van der Waals surface area (Å²) in [5.41, 5.74) is 0.227. The van der Waals surface area contributed by atoms with Crippen molar-refractivity contribution < 1.29 is 13.9 Å². The molecule has 1 aliphatic heterocycles. The van der Waals surface area contributed by atoms with Gasteiger partial charge in [-0.15, -0.1) is 0 Å². The Hall–Kier alpha value is -1.29. The number of hydrogen-bond donors (Lipinski definition) is 1. The molecule has 1 saturated heterocycles. The molecule has 2 rings (SSSR count). The minimum absolute atomic E-state index is 0.0585. The minimum Gasteiger partial charge on any atom is -0.459 e. The molecule has 1 aromatic heterocycles. The van der Waals surface area contributed by atoms with Gasteiger partial charge < -0.3 is 14.5 Å². The van der Waals surface area contributed by atoms with Crippen LogP contribution in [0.15, 0.2) is 22.8 Å². The van der Waals surface area contributed by atoms with Crippen LogP contribution in [0, 0.1) is 5.41 Å². The molecule has 1 aromatic rings. The smallest absolute Gasteiger partial charge is 0.286 e. The molecule has 0 radical (unpaired) electrons. The van der Waals surface area contributed by atoms with Crippen LogP contribution in [-0.4, -0.2) is 24.7 Å². The Bertz CT molecular complexity index is 467. The van der Waals surface area contributed by atoms with Crippen LogP contribution in [0.4, 0.5) is 0 Å².